The fraction of sp³-hybridized carbons (Fsp3) is 1.00. The first-order valence-electron chi connectivity index (χ1n) is 3.23. The average Bonchev–Trinajstić information content (AvgIpc) is 1.66. The monoisotopic (exact) mass is 116 g/mol. The van der Waals surface area contributed by atoms with Crippen LogP contribution < -0.4 is 11.1 Å². The van der Waals surface area contributed by atoms with Crippen LogP contribution in [0.3, 0.4) is 0 Å². The fourth-order valence-corrected chi connectivity index (χ4v) is 0.507. The van der Waals surface area contributed by atoms with E-state index in [0.29, 0.717) is 6.04 Å². The van der Waals surface area contributed by atoms with Crippen molar-refractivity contribution in [3.05, 3.63) is 0 Å². The Morgan fingerprint density at radius 3 is 2.62 bits per heavy atom. The number of hydrogen-bond acceptors (Lipinski definition) is 2. The van der Waals surface area contributed by atoms with Gasteiger partial charge in [-0.05, 0) is 19.9 Å². The van der Waals surface area contributed by atoms with Gasteiger partial charge in [0.05, 0.1) is 0 Å². The van der Waals surface area contributed by atoms with Gasteiger partial charge in [0, 0.05) is 12.6 Å². The van der Waals surface area contributed by atoms with Crippen LogP contribution in [-0.2, 0) is 0 Å². The summed E-state index contributed by atoms with van der Waals surface area (Å²) in [5, 5.41) is 3.21. The lowest BCUT2D eigenvalue weighted by Crippen LogP contribution is -2.31. The van der Waals surface area contributed by atoms with Gasteiger partial charge in [-0.15, -0.1) is 0 Å². The molecule has 0 aliphatic rings. The van der Waals surface area contributed by atoms with Crippen molar-refractivity contribution in [1.82, 2.24) is 5.32 Å². The van der Waals surface area contributed by atoms with E-state index >= 15 is 0 Å². The molecule has 0 amide bonds. The summed E-state index contributed by atoms with van der Waals surface area (Å²) in [6, 6.07) is 0.293. The largest absolute Gasteiger partial charge is 0.327 e. The zero-order chi connectivity index (χ0) is 6.41. The van der Waals surface area contributed by atoms with E-state index in [1.807, 2.05) is 6.92 Å². The molecule has 0 aromatic carbocycles. The first kappa shape index (κ1) is 7.92. The second-order valence-electron chi connectivity index (χ2n) is 2.18. The molecule has 0 aliphatic carbocycles. The molecule has 0 saturated carbocycles. The van der Waals surface area contributed by atoms with Gasteiger partial charge in [-0.1, -0.05) is 6.92 Å². The fourth-order valence-electron chi connectivity index (χ4n) is 0.507. The summed E-state index contributed by atoms with van der Waals surface area (Å²) in [7, 11) is 0. The van der Waals surface area contributed by atoms with Crippen LogP contribution in [0.15, 0.2) is 0 Å². The van der Waals surface area contributed by atoms with E-state index in [-0.39, 0.29) is 0 Å². The van der Waals surface area contributed by atoms with Gasteiger partial charge in [-0.3, -0.25) is 0 Å². The molecular weight excluding hydrogens is 100 g/mol. The van der Waals surface area contributed by atoms with Crippen LogP contribution in [0.5, 0.6) is 0 Å². The summed E-state index contributed by atoms with van der Waals surface area (Å²) < 4.78 is 0. The second kappa shape index (κ2) is 5.06. The van der Waals surface area contributed by atoms with Gasteiger partial charge < -0.3 is 11.1 Å². The summed E-state index contributed by atoms with van der Waals surface area (Å²) in [6.07, 6.45) is 1.19. The molecule has 8 heavy (non-hydrogen) atoms. The zero-order valence-corrected chi connectivity index (χ0v) is 5.78. The van der Waals surface area contributed by atoms with Crippen LogP contribution in [0.4, 0.5) is 0 Å². The lowest BCUT2D eigenvalue weighted by Gasteiger charge is -2.04. The van der Waals surface area contributed by atoms with Crippen LogP contribution in [0, 0.1) is 0 Å². The topological polar surface area (TPSA) is 38.0 Å². The molecule has 0 aromatic rings. The van der Waals surface area contributed by atoms with Gasteiger partial charge in [-0.2, -0.15) is 0 Å². The highest BCUT2D eigenvalue weighted by molar-refractivity contribution is 4.55. The van der Waals surface area contributed by atoms with Gasteiger partial charge >= 0.3 is 0 Å². The Balaban J connectivity index is 2.72. The molecule has 0 bridgehead atoms. The molecule has 0 spiro atoms. The maximum Gasteiger partial charge on any atom is 0.0136 e. The highest BCUT2D eigenvalue weighted by Gasteiger charge is 1.88. The Morgan fingerprint density at radius 1 is 1.62 bits per heavy atom. The van der Waals surface area contributed by atoms with Gasteiger partial charge in [0.1, 0.15) is 0 Å². The highest BCUT2D eigenvalue weighted by atomic mass is 14.9. The standard InChI is InChI=1S/C6H16N2/c1-3-4-8-5-6(2)7/h6,8H,3-5,7H2,1-2H3/t6-/m1/s1. The van der Waals surface area contributed by atoms with Crippen LogP contribution >= 0.6 is 0 Å². The minimum Gasteiger partial charge on any atom is -0.327 e. The van der Waals surface area contributed by atoms with Crippen molar-refractivity contribution in [2.24, 2.45) is 5.73 Å². The van der Waals surface area contributed by atoms with E-state index in [4.69, 9.17) is 5.73 Å². The Morgan fingerprint density at radius 2 is 2.25 bits per heavy atom. The third-order valence-corrected chi connectivity index (χ3v) is 0.893. The van der Waals surface area contributed by atoms with Crippen molar-refractivity contribution in [1.29, 1.82) is 0 Å². The van der Waals surface area contributed by atoms with E-state index in [1.165, 1.54) is 6.42 Å². The predicted octanol–water partition coefficient (Wildman–Crippen LogP) is 0.333. The third-order valence-electron chi connectivity index (χ3n) is 0.893. The Kier molecular flexibility index (Phi) is 5.01. The van der Waals surface area contributed by atoms with Crippen LogP contribution in [0.1, 0.15) is 20.3 Å². The molecule has 50 valence electrons. The van der Waals surface area contributed by atoms with Crippen molar-refractivity contribution in [2.75, 3.05) is 13.1 Å². The number of rotatable bonds is 4. The molecule has 1 atom stereocenters. The smallest absolute Gasteiger partial charge is 0.0136 e. The van der Waals surface area contributed by atoms with Crippen LogP contribution in [-0.4, -0.2) is 19.1 Å². The van der Waals surface area contributed by atoms with Gasteiger partial charge in [0.25, 0.3) is 0 Å². The van der Waals surface area contributed by atoms with Gasteiger partial charge in [-0.25, -0.2) is 0 Å². The highest BCUT2D eigenvalue weighted by Crippen LogP contribution is 1.72. The summed E-state index contributed by atoms with van der Waals surface area (Å²) in [5.41, 5.74) is 5.47. The molecule has 0 fully saturated rings. The van der Waals surface area contributed by atoms with Gasteiger partial charge in [0.15, 0.2) is 0 Å². The SMILES string of the molecule is CCCNC[C@@H](C)N. The average molecular weight is 116 g/mol. The molecular formula is C6H16N2. The predicted molar refractivity (Wildman–Crippen MR) is 36.8 cm³/mol. The van der Waals surface area contributed by atoms with Gasteiger partial charge in [0.2, 0.25) is 0 Å². The third kappa shape index (κ3) is 5.92. The van der Waals surface area contributed by atoms with Crippen LogP contribution in [0.25, 0.3) is 0 Å². The van der Waals surface area contributed by atoms with Crippen molar-refractivity contribution in [3.63, 3.8) is 0 Å². The lowest BCUT2D eigenvalue weighted by atomic mass is 10.3. The minimum absolute atomic E-state index is 0.293. The van der Waals surface area contributed by atoms with E-state index in [9.17, 15) is 0 Å². The minimum atomic E-state index is 0.293. The molecule has 0 aliphatic heterocycles. The second-order valence-corrected chi connectivity index (χ2v) is 2.18. The van der Waals surface area contributed by atoms with Crippen molar-refractivity contribution in [3.8, 4) is 0 Å². The van der Waals surface area contributed by atoms with E-state index in [2.05, 4.69) is 12.2 Å². The summed E-state index contributed by atoms with van der Waals surface area (Å²) in [5.74, 6) is 0. The molecule has 3 N–H and O–H groups in total. The quantitative estimate of drug-likeness (QED) is 0.520. The van der Waals surface area contributed by atoms with E-state index in [0.717, 1.165) is 13.1 Å². The van der Waals surface area contributed by atoms with E-state index in [1.54, 1.807) is 0 Å². The molecule has 2 nitrogen and oxygen atoms in total. The maximum absolute atomic E-state index is 5.47. The molecule has 0 rings (SSSR count). The molecule has 0 heterocycles. The molecule has 0 saturated heterocycles. The van der Waals surface area contributed by atoms with Crippen LogP contribution in [0.2, 0.25) is 0 Å². The first-order chi connectivity index (χ1) is 3.77. The van der Waals surface area contributed by atoms with E-state index < -0.39 is 0 Å². The molecule has 0 unspecified atom stereocenters. The Labute approximate surface area is 51.5 Å². The van der Waals surface area contributed by atoms with Crippen molar-refractivity contribution in [2.45, 2.75) is 26.3 Å². The summed E-state index contributed by atoms with van der Waals surface area (Å²) >= 11 is 0. The Hall–Kier alpha value is -0.0800. The molecule has 2 heteroatoms. The summed E-state index contributed by atoms with van der Waals surface area (Å²) in [6.45, 7) is 6.17. The zero-order valence-electron chi connectivity index (χ0n) is 5.78. The number of hydrogen-bond donors (Lipinski definition) is 2. The summed E-state index contributed by atoms with van der Waals surface area (Å²) in [4.78, 5) is 0. The maximum atomic E-state index is 5.47. The van der Waals surface area contributed by atoms with Crippen molar-refractivity contribution < 1.29 is 0 Å². The number of nitrogens with two attached hydrogens (primary N) is 1. The molecule has 0 aromatic heterocycles. The first-order valence-corrected chi connectivity index (χ1v) is 3.23. The lowest BCUT2D eigenvalue weighted by molar-refractivity contribution is 0.603. The normalized spacial score (nSPS) is 13.9. The Bertz CT molecular complexity index is 43.8. The molecule has 0 radical (unpaired) electrons. The number of nitrogens with one attached hydrogen (secondary N) is 1. The van der Waals surface area contributed by atoms with Crippen molar-refractivity contribution >= 4 is 0 Å².